The fourth-order valence-electron chi connectivity index (χ4n) is 2.63. The summed E-state index contributed by atoms with van der Waals surface area (Å²) in [4.78, 5) is 25.2. The SMILES string of the molecule is Cc1ccc2oc(=O)n(Cc3cccc(-c4ncc(Br)cn4)c3)c2n1. The summed E-state index contributed by atoms with van der Waals surface area (Å²) in [6, 6.07) is 11.4. The monoisotopic (exact) mass is 396 g/mol. The first-order valence-electron chi connectivity index (χ1n) is 7.64. The van der Waals surface area contributed by atoms with Crippen LogP contribution in [-0.4, -0.2) is 19.5 Å². The number of rotatable bonds is 3. The quantitative estimate of drug-likeness (QED) is 0.529. The van der Waals surface area contributed by atoms with Crippen LogP contribution in [0.5, 0.6) is 0 Å². The van der Waals surface area contributed by atoms with Crippen molar-refractivity contribution < 1.29 is 4.42 Å². The molecule has 0 spiro atoms. The molecule has 25 heavy (non-hydrogen) atoms. The Bertz CT molecular complexity index is 1120. The maximum absolute atomic E-state index is 12.2. The smallest absolute Gasteiger partial charge is 0.406 e. The second-order valence-corrected chi connectivity index (χ2v) is 6.57. The summed E-state index contributed by atoms with van der Waals surface area (Å²) in [5.41, 5.74) is 3.70. The summed E-state index contributed by atoms with van der Waals surface area (Å²) in [5, 5.41) is 0. The molecule has 6 nitrogen and oxygen atoms in total. The predicted molar refractivity (Wildman–Crippen MR) is 97.3 cm³/mol. The lowest BCUT2D eigenvalue weighted by molar-refractivity contribution is 0.517. The van der Waals surface area contributed by atoms with Gasteiger partial charge in [0.25, 0.3) is 0 Å². The summed E-state index contributed by atoms with van der Waals surface area (Å²) < 4.78 is 7.63. The number of hydrogen-bond acceptors (Lipinski definition) is 5. The van der Waals surface area contributed by atoms with Gasteiger partial charge in [0.1, 0.15) is 0 Å². The van der Waals surface area contributed by atoms with Crippen molar-refractivity contribution in [1.29, 1.82) is 0 Å². The number of halogens is 1. The summed E-state index contributed by atoms with van der Waals surface area (Å²) in [6.07, 6.45) is 3.41. The van der Waals surface area contributed by atoms with Crippen molar-refractivity contribution in [3.8, 4) is 11.4 Å². The van der Waals surface area contributed by atoms with Crippen LogP contribution in [0.4, 0.5) is 0 Å². The molecule has 3 aromatic heterocycles. The molecule has 4 rings (SSSR count). The summed E-state index contributed by atoms with van der Waals surface area (Å²) in [5.74, 6) is 0.210. The Hall–Kier alpha value is -2.80. The lowest BCUT2D eigenvalue weighted by Gasteiger charge is -2.05. The molecule has 4 aromatic rings. The van der Waals surface area contributed by atoms with E-state index in [-0.39, 0.29) is 0 Å². The van der Waals surface area contributed by atoms with E-state index in [4.69, 9.17) is 4.42 Å². The van der Waals surface area contributed by atoms with Crippen LogP contribution in [0.1, 0.15) is 11.3 Å². The number of fused-ring (bicyclic) bond motifs is 1. The lowest BCUT2D eigenvalue weighted by atomic mass is 10.1. The van der Waals surface area contributed by atoms with Gasteiger partial charge in [-0.05, 0) is 46.6 Å². The molecule has 0 atom stereocenters. The minimum Gasteiger partial charge on any atom is -0.406 e. The lowest BCUT2D eigenvalue weighted by Crippen LogP contribution is -2.15. The van der Waals surface area contributed by atoms with Gasteiger partial charge in [0.15, 0.2) is 17.1 Å². The standard InChI is InChI=1S/C18H13BrN4O2/c1-11-5-6-15-17(22-11)23(18(24)25-15)10-12-3-2-4-13(7-12)16-20-8-14(19)9-21-16/h2-9H,10H2,1H3. The molecule has 0 saturated heterocycles. The first-order valence-corrected chi connectivity index (χ1v) is 8.43. The van der Waals surface area contributed by atoms with Crippen LogP contribution >= 0.6 is 15.9 Å². The van der Waals surface area contributed by atoms with E-state index >= 15 is 0 Å². The van der Waals surface area contributed by atoms with E-state index < -0.39 is 5.76 Å². The van der Waals surface area contributed by atoms with Crippen LogP contribution in [0.15, 0.2) is 62.5 Å². The zero-order valence-corrected chi connectivity index (χ0v) is 14.9. The molecule has 7 heteroatoms. The molecule has 0 fully saturated rings. The third-order valence-corrected chi connectivity index (χ3v) is 4.21. The highest BCUT2D eigenvalue weighted by atomic mass is 79.9. The second kappa shape index (κ2) is 6.25. The normalized spacial score (nSPS) is 11.1. The zero-order valence-electron chi connectivity index (χ0n) is 13.3. The van der Waals surface area contributed by atoms with Crippen LogP contribution in [0.25, 0.3) is 22.6 Å². The van der Waals surface area contributed by atoms with E-state index in [2.05, 4.69) is 30.9 Å². The number of oxazole rings is 1. The average Bonchev–Trinajstić information content (AvgIpc) is 2.91. The van der Waals surface area contributed by atoms with Crippen molar-refractivity contribution in [2.45, 2.75) is 13.5 Å². The van der Waals surface area contributed by atoms with Gasteiger partial charge in [0, 0.05) is 23.7 Å². The molecule has 0 N–H and O–H groups in total. The van der Waals surface area contributed by atoms with Crippen LogP contribution in [0.3, 0.4) is 0 Å². The third kappa shape index (κ3) is 3.10. The van der Waals surface area contributed by atoms with Gasteiger partial charge in [-0.15, -0.1) is 0 Å². The maximum atomic E-state index is 12.2. The van der Waals surface area contributed by atoms with Crippen molar-refractivity contribution in [2.24, 2.45) is 0 Å². The number of aryl methyl sites for hydroxylation is 1. The molecule has 0 aliphatic carbocycles. The topological polar surface area (TPSA) is 73.8 Å². The van der Waals surface area contributed by atoms with Gasteiger partial charge < -0.3 is 4.42 Å². The summed E-state index contributed by atoms with van der Waals surface area (Å²) in [6.45, 7) is 2.25. The second-order valence-electron chi connectivity index (χ2n) is 5.65. The Morgan fingerprint density at radius 1 is 1.16 bits per heavy atom. The predicted octanol–water partition coefficient (Wildman–Crippen LogP) is 3.57. The molecule has 0 aliphatic rings. The van der Waals surface area contributed by atoms with E-state index in [1.54, 1.807) is 18.5 Å². The molecule has 3 heterocycles. The number of pyridine rings is 1. The Kier molecular flexibility index (Phi) is 3.93. The largest absolute Gasteiger partial charge is 0.421 e. The molecule has 124 valence electrons. The maximum Gasteiger partial charge on any atom is 0.421 e. The zero-order chi connectivity index (χ0) is 17.4. The Morgan fingerprint density at radius 3 is 2.76 bits per heavy atom. The van der Waals surface area contributed by atoms with Crippen LogP contribution < -0.4 is 5.76 Å². The Morgan fingerprint density at radius 2 is 1.96 bits per heavy atom. The molecule has 0 aliphatic heterocycles. The molecule has 0 saturated carbocycles. The summed E-state index contributed by atoms with van der Waals surface area (Å²) >= 11 is 3.33. The molecule has 1 aromatic carbocycles. The van der Waals surface area contributed by atoms with Crippen molar-refractivity contribution in [1.82, 2.24) is 19.5 Å². The summed E-state index contributed by atoms with van der Waals surface area (Å²) in [7, 11) is 0. The van der Waals surface area contributed by atoms with Crippen molar-refractivity contribution >= 4 is 27.2 Å². The fraction of sp³-hybridized carbons (Fsp3) is 0.111. The highest BCUT2D eigenvalue weighted by molar-refractivity contribution is 9.10. The highest BCUT2D eigenvalue weighted by Crippen LogP contribution is 2.19. The van der Waals surface area contributed by atoms with Gasteiger partial charge in [-0.3, -0.25) is 4.57 Å². The van der Waals surface area contributed by atoms with Crippen LogP contribution in [0.2, 0.25) is 0 Å². The van der Waals surface area contributed by atoms with Crippen molar-refractivity contribution in [2.75, 3.05) is 0 Å². The number of benzene rings is 1. The van der Waals surface area contributed by atoms with E-state index in [9.17, 15) is 4.79 Å². The fourth-order valence-corrected chi connectivity index (χ4v) is 2.84. The minimum atomic E-state index is -0.418. The van der Waals surface area contributed by atoms with E-state index in [1.165, 1.54) is 4.57 Å². The van der Waals surface area contributed by atoms with Crippen molar-refractivity contribution in [3.05, 3.63) is 75.1 Å². The van der Waals surface area contributed by atoms with Gasteiger partial charge >= 0.3 is 5.76 Å². The van der Waals surface area contributed by atoms with Crippen LogP contribution in [-0.2, 0) is 6.54 Å². The molecule has 0 bridgehead atoms. The first-order chi connectivity index (χ1) is 12.1. The van der Waals surface area contributed by atoms with E-state index in [1.807, 2.05) is 37.3 Å². The molecule has 0 amide bonds. The average molecular weight is 397 g/mol. The number of nitrogens with zero attached hydrogens (tertiary/aromatic N) is 4. The third-order valence-electron chi connectivity index (χ3n) is 3.80. The van der Waals surface area contributed by atoms with Crippen LogP contribution in [0, 0.1) is 6.92 Å². The van der Waals surface area contributed by atoms with Gasteiger partial charge in [-0.25, -0.2) is 19.7 Å². The molecule has 0 unspecified atom stereocenters. The molecular formula is C18H13BrN4O2. The van der Waals surface area contributed by atoms with Gasteiger partial charge in [0.05, 0.1) is 11.0 Å². The first kappa shape index (κ1) is 15.7. The Balaban J connectivity index is 1.73. The number of hydrogen-bond donors (Lipinski definition) is 0. The highest BCUT2D eigenvalue weighted by Gasteiger charge is 2.12. The van der Waals surface area contributed by atoms with E-state index in [0.717, 1.165) is 21.3 Å². The van der Waals surface area contributed by atoms with Gasteiger partial charge in [-0.2, -0.15) is 0 Å². The van der Waals surface area contributed by atoms with Gasteiger partial charge in [0.2, 0.25) is 0 Å². The molecule has 0 radical (unpaired) electrons. The van der Waals surface area contributed by atoms with Crippen molar-refractivity contribution in [3.63, 3.8) is 0 Å². The van der Waals surface area contributed by atoms with Gasteiger partial charge in [-0.1, -0.05) is 18.2 Å². The van der Waals surface area contributed by atoms with E-state index in [0.29, 0.717) is 23.6 Å². The number of aromatic nitrogens is 4. The molecular weight excluding hydrogens is 384 g/mol. The minimum absolute atomic E-state index is 0.368. The Labute approximate surface area is 151 Å².